The van der Waals surface area contributed by atoms with Gasteiger partial charge in [-0.2, -0.15) is 0 Å². The Bertz CT molecular complexity index is 885. The van der Waals surface area contributed by atoms with E-state index in [2.05, 4.69) is 17.2 Å². The molecule has 4 rings (SSSR count). The van der Waals surface area contributed by atoms with Crippen molar-refractivity contribution in [3.63, 3.8) is 0 Å². The zero-order valence-electron chi connectivity index (χ0n) is 14.7. The van der Waals surface area contributed by atoms with E-state index in [1.54, 1.807) is 6.07 Å². The summed E-state index contributed by atoms with van der Waals surface area (Å²) in [4.78, 5) is 14.8. The topological polar surface area (TPSA) is 72.4 Å². The molecular weight excluding hydrogens is 330 g/mol. The number of rotatable bonds is 5. The first-order valence-electron chi connectivity index (χ1n) is 9.05. The van der Waals surface area contributed by atoms with Crippen molar-refractivity contribution in [2.75, 3.05) is 6.54 Å². The molecule has 0 N–H and O–H groups in total. The van der Waals surface area contributed by atoms with Gasteiger partial charge in [0.05, 0.1) is 6.04 Å². The van der Waals surface area contributed by atoms with E-state index in [4.69, 9.17) is 9.05 Å². The van der Waals surface area contributed by atoms with Crippen LogP contribution in [0.4, 0.5) is 0 Å². The molecule has 1 amide bonds. The molecule has 1 aromatic carbocycles. The van der Waals surface area contributed by atoms with Crippen molar-refractivity contribution in [2.45, 2.75) is 38.6 Å². The fraction of sp³-hybridized carbons (Fsp3) is 0.350. The van der Waals surface area contributed by atoms with Crippen LogP contribution in [0.3, 0.4) is 0 Å². The van der Waals surface area contributed by atoms with Crippen LogP contribution in [-0.2, 0) is 6.42 Å². The molecule has 0 bridgehead atoms. The Hall–Kier alpha value is -2.89. The van der Waals surface area contributed by atoms with Crippen LogP contribution >= 0.6 is 0 Å². The van der Waals surface area contributed by atoms with Crippen molar-refractivity contribution in [3.05, 3.63) is 59.6 Å². The quantitative estimate of drug-likeness (QED) is 0.687. The molecule has 6 nitrogen and oxygen atoms in total. The maximum Gasteiger partial charge on any atom is 0.276 e. The molecule has 0 radical (unpaired) electrons. The van der Waals surface area contributed by atoms with Crippen molar-refractivity contribution in [1.29, 1.82) is 0 Å². The molecule has 0 saturated carbocycles. The fourth-order valence-electron chi connectivity index (χ4n) is 3.43. The first kappa shape index (κ1) is 16.6. The summed E-state index contributed by atoms with van der Waals surface area (Å²) in [5, 5.41) is 8.17. The maximum atomic E-state index is 13.0. The van der Waals surface area contributed by atoms with Gasteiger partial charge in [-0.1, -0.05) is 47.6 Å². The average molecular weight is 351 g/mol. The normalized spacial score (nSPS) is 17.0. The minimum atomic E-state index is -0.126. The predicted octanol–water partition coefficient (Wildman–Crippen LogP) is 4.26. The Balaban J connectivity index is 1.54. The lowest BCUT2D eigenvalue weighted by atomic mass is 10.1. The van der Waals surface area contributed by atoms with Gasteiger partial charge < -0.3 is 13.9 Å². The van der Waals surface area contributed by atoms with Gasteiger partial charge in [-0.05, 0) is 19.3 Å². The van der Waals surface area contributed by atoms with E-state index in [0.29, 0.717) is 18.0 Å². The minimum absolute atomic E-state index is 0.0614. The Morgan fingerprint density at radius 3 is 2.85 bits per heavy atom. The van der Waals surface area contributed by atoms with E-state index < -0.39 is 0 Å². The number of carbonyl (C=O) groups excluding carboxylic acids is 1. The Kier molecular flexibility index (Phi) is 4.56. The van der Waals surface area contributed by atoms with Crippen molar-refractivity contribution >= 4 is 5.91 Å². The molecule has 1 aliphatic rings. The largest absolute Gasteiger partial charge is 0.361 e. The SMILES string of the molecule is CCCc1cc(C2CCCN2C(=O)c2cc(-c3ccccc3)on2)no1. The molecule has 1 unspecified atom stereocenters. The first-order chi connectivity index (χ1) is 12.8. The summed E-state index contributed by atoms with van der Waals surface area (Å²) < 4.78 is 10.8. The molecule has 0 aliphatic carbocycles. The third-order valence-corrected chi connectivity index (χ3v) is 4.72. The molecular formula is C20H21N3O3. The van der Waals surface area contributed by atoms with Crippen LogP contribution in [0.1, 0.15) is 54.2 Å². The van der Waals surface area contributed by atoms with Crippen LogP contribution in [0, 0.1) is 0 Å². The summed E-state index contributed by atoms with van der Waals surface area (Å²) in [6.07, 6.45) is 3.68. The van der Waals surface area contributed by atoms with Crippen LogP contribution in [0.2, 0.25) is 0 Å². The van der Waals surface area contributed by atoms with Gasteiger partial charge in [0.25, 0.3) is 5.91 Å². The molecule has 1 aliphatic heterocycles. The number of amides is 1. The summed E-state index contributed by atoms with van der Waals surface area (Å²) >= 11 is 0. The van der Waals surface area contributed by atoms with Gasteiger partial charge in [-0.15, -0.1) is 0 Å². The number of benzene rings is 1. The standard InChI is InChI=1S/C20H21N3O3/c1-2-7-15-12-16(21-25-15)18-10-6-11-23(18)20(24)17-13-19(26-22-17)14-8-4-3-5-9-14/h3-5,8-9,12-13,18H,2,6-7,10-11H2,1H3. The van der Waals surface area contributed by atoms with Gasteiger partial charge in [-0.25, -0.2) is 0 Å². The minimum Gasteiger partial charge on any atom is -0.361 e. The Morgan fingerprint density at radius 2 is 2.04 bits per heavy atom. The number of hydrogen-bond acceptors (Lipinski definition) is 5. The van der Waals surface area contributed by atoms with Crippen molar-refractivity contribution in [3.8, 4) is 11.3 Å². The van der Waals surface area contributed by atoms with Crippen LogP contribution in [-0.4, -0.2) is 27.7 Å². The fourth-order valence-corrected chi connectivity index (χ4v) is 3.43. The van der Waals surface area contributed by atoms with Gasteiger partial charge in [0.1, 0.15) is 11.5 Å². The molecule has 3 heterocycles. The lowest BCUT2D eigenvalue weighted by molar-refractivity contribution is 0.0720. The number of nitrogens with zero attached hydrogens (tertiary/aromatic N) is 3. The van der Waals surface area contributed by atoms with E-state index in [9.17, 15) is 4.79 Å². The van der Waals surface area contributed by atoms with Gasteiger partial charge in [0.2, 0.25) is 0 Å². The summed E-state index contributed by atoms with van der Waals surface area (Å²) in [5.74, 6) is 1.34. The lowest BCUT2D eigenvalue weighted by Gasteiger charge is -2.21. The highest BCUT2D eigenvalue weighted by molar-refractivity contribution is 5.93. The Labute approximate surface area is 151 Å². The van der Waals surface area contributed by atoms with Gasteiger partial charge in [0.15, 0.2) is 11.5 Å². The van der Waals surface area contributed by atoms with Gasteiger partial charge in [0, 0.05) is 30.7 Å². The average Bonchev–Trinajstić information content (AvgIpc) is 3.42. The van der Waals surface area contributed by atoms with Gasteiger partial charge >= 0.3 is 0 Å². The van der Waals surface area contributed by atoms with E-state index in [-0.39, 0.29) is 11.9 Å². The summed E-state index contributed by atoms with van der Waals surface area (Å²) in [6.45, 7) is 2.79. The molecule has 6 heteroatoms. The Morgan fingerprint density at radius 1 is 1.19 bits per heavy atom. The monoisotopic (exact) mass is 351 g/mol. The summed E-state index contributed by atoms with van der Waals surface area (Å²) in [6, 6.07) is 13.3. The molecule has 26 heavy (non-hydrogen) atoms. The summed E-state index contributed by atoms with van der Waals surface area (Å²) in [7, 11) is 0. The molecule has 1 saturated heterocycles. The van der Waals surface area contributed by atoms with E-state index in [1.807, 2.05) is 41.3 Å². The van der Waals surface area contributed by atoms with Crippen LogP contribution in [0.15, 0.2) is 51.5 Å². The van der Waals surface area contributed by atoms with Crippen molar-refractivity contribution in [1.82, 2.24) is 15.2 Å². The highest BCUT2D eigenvalue weighted by Gasteiger charge is 2.34. The second-order valence-electron chi connectivity index (χ2n) is 6.57. The zero-order chi connectivity index (χ0) is 17.9. The number of likely N-dealkylation sites (tertiary alicyclic amines) is 1. The molecule has 3 aromatic rings. The van der Waals surface area contributed by atoms with E-state index >= 15 is 0 Å². The number of hydrogen-bond donors (Lipinski definition) is 0. The third kappa shape index (κ3) is 3.14. The van der Waals surface area contributed by atoms with E-state index in [0.717, 1.165) is 42.7 Å². The molecule has 0 spiro atoms. The smallest absolute Gasteiger partial charge is 0.276 e. The van der Waals surface area contributed by atoms with Crippen molar-refractivity contribution in [2.24, 2.45) is 0 Å². The lowest BCUT2D eigenvalue weighted by Crippen LogP contribution is -2.30. The molecule has 134 valence electrons. The first-order valence-corrected chi connectivity index (χ1v) is 9.05. The third-order valence-electron chi connectivity index (χ3n) is 4.72. The predicted molar refractivity (Wildman–Crippen MR) is 95.4 cm³/mol. The number of carbonyl (C=O) groups is 1. The summed E-state index contributed by atoms with van der Waals surface area (Å²) in [5.41, 5.74) is 2.05. The number of aryl methyl sites for hydroxylation is 1. The maximum absolute atomic E-state index is 13.0. The molecule has 1 atom stereocenters. The highest BCUT2D eigenvalue weighted by atomic mass is 16.5. The molecule has 1 fully saturated rings. The van der Waals surface area contributed by atoms with E-state index in [1.165, 1.54) is 0 Å². The zero-order valence-corrected chi connectivity index (χ0v) is 14.7. The van der Waals surface area contributed by atoms with Crippen molar-refractivity contribution < 1.29 is 13.8 Å². The van der Waals surface area contributed by atoms with Crippen LogP contribution in [0.25, 0.3) is 11.3 Å². The second kappa shape index (κ2) is 7.15. The van der Waals surface area contributed by atoms with Crippen LogP contribution in [0.5, 0.6) is 0 Å². The van der Waals surface area contributed by atoms with Gasteiger partial charge in [-0.3, -0.25) is 4.79 Å². The molecule has 2 aromatic heterocycles. The highest BCUT2D eigenvalue weighted by Crippen LogP contribution is 2.33. The second-order valence-corrected chi connectivity index (χ2v) is 6.57. The van der Waals surface area contributed by atoms with Crippen LogP contribution < -0.4 is 0 Å². The number of aromatic nitrogens is 2.